The standard InChI is InChI=1S/C30H41N5O3/c1-18(8-7-15-31)24-22-16-30(5,6)25-26(33-17-34-27(25)32)21(22)13-14-23(24)37-20-11-9-19(10-12-20)35-28(36)38-29(2,3)4/h13-14,17-20H,7-12,16H2,1-6H3,(H,35,36)(H2,32,33,34)/t18?,19-,20-. The number of amides is 1. The summed E-state index contributed by atoms with van der Waals surface area (Å²) in [5.74, 6) is 1.57. The van der Waals surface area contributed by atoms with Gasteiger partial charge in [-0.15, -0.1) is 0 Å². The van der Waals surface area contributed by atoms with Crippen LogP contribution in [0.4, 0.5) is 10.6 Å². The zero-order valence-corrected chi connectivity index (χ0v) is 23.6. The summed E-state index contributed by atoms with van der Waals surface area (Å²) in [7, 11) is 0. The lowest BCUT2D eigenvalue weighted by Gasteiger charge is -2.37. The molecule has 2 aliphatic rings. The molecule has 8 heteroatoms. The summed E-state index contributed by atoms with van der Waals surface area (Å²) in [5.41, 5.74) is 10.9. The number of nitriles is 1. The third-order valence-electron chi connectivity index (χ3n) is 7.61. The molecular formula is C30H41N5O3. The van der Waals surface area contributed by atoms with Crippen LogP contribution in [0.15, 0.2) is 18.5 Å². The Kier molecular flexibility index (Phi) is 7.87. The number of benzene rings is 1. The quantitative estimate of drug-likeness (QED) is 0.467. The summed E-state index contributed by atoms with van der Waals surface area (Å²) in [6.45, 7) is 12.2. The van der Waals surface area contributed by atoms with Crippen molar-refractivity contribution in [2.45, 2.75) is 116 Å². The first-order chi connectivity index (χ1) is 17.9. The average molecular weight is 520 g/mol. The SMILES string of the molecule is CC(CCC#N)c1c(O[C@H]2CC[C@H](NC(=O)OC(C)(C)C)CC2)ccc2c1CC(C)(C)c1c(N)ncnc1-2. The Morgan fingerprint density at radius 2 is 1.95 bits per heavy atom. The minimum absolute atomic E-state index is 0.0634. The molecule has 2 aromatic rings. The lowest BCUT2D eigenvalue weighted by atomic mass is 9.69. The second-order valence-electron chi connectivity index (χ2n) is 12.4. The van der Waals surface area contributed by atoms with Crippen LogP contribution in [0.5, 0.6) is 5.75 Å². The molecule has 0 aliphatic heterocycles. The summed E-state index contributed by atoms with van der Waals surface area (Å²) in [6.07, 6.45) is 6.65. The van der Waals surface area contributed by atoms with Crippen LogP contribution in [0.1, 0.15) is 103 Å². The van der Waals surface area contributed by atoms with Crippen LogP contribution in [-0.4, -0.2) is 33.8 Å². The van der Waals surface area contributed by atoms with Crippen LogP contribution >= 0.6 is 0 Å². The molecule has 1 amide bonds. The van der Waals surface area contributed by atoms with E-state index in [0.29, 0.717) is 12.2 Å². The summed E-state index contributed by atoms with van der Waals surface area (Å²) in [6, 6.07) is 6.54. The highest BCUT2D eigenvalue weighted by Gasteiger charge is 2.37. The van der Waals surface area contributed by atoms with E-state index in [4.69, 9.17) is 15.2 Å². The van der Waals surface area contributed by atoms with Gasteiger partial charge < -0.3 is 20.5 Å². The van der Waals surface area contributed by atoms with Crippen molar-refractivity contribution >= 4 is 11.9 Å². The lowest BCUT2D eigenvalue weighted by molar-refractivity contribution is 0.0470. The van der Waals surface area contributed by atoms with E-state index in [1.54, 1.807) is 0 Å². The van der Waals surface area contributed by atoms with Crippen LogP contribution in [0.3, 0.4) is 0 Å². The third kappa shape index (κ3) is 6.03. The van der Waals surface area contributed by atoms with Crippen molar-refractivity contribution in [2.24, 2.45) is 0 Å². The topological polar surface area (TPSA) is 123 Å². The fraction of sp³-hybridized carbons (Fsp3) is 0.600. The zero-order valence-electron chi connectivity index (χ0n) is 23.6. The van der Waals surface area contributed by atoms with Gasteiger partial charge in [0.05, 0.1) is 17.9 Å². The fourth-order valence-electron chi connectivity index (χ4n) is 5.90. The van der Waals surface area contributed by atoms with E-state index < -0.39 is 5.60 Å². The highest BCUT2D eigenvalue weighted by molar-refractivity contribution is 5.77. The normalized spacial score (nSPS) is 20.9. The predicted octanol–water partition coefficient (Wildman–Crippen LogP) is 6.18. The Morgan fingerprint density at radius 3 is 2.61 bits per heavy atom. The highest BCUT2D eigenvalue weighted by Crippen LogP contribution is 2.49. The fourth-order valence-corrected chi connectivity index (χ4v) is 5.90. The number of nitrogens with zero attached hydrogens (tertiary/aromatic N) is 3. The Morgan fingerprint density at radius 1 is 1.24 bits per heavy atom. The number of anilines is 1. The summed E-state index contributed by atoms with van der Waals surface area (Å²) in [4.78, 5) is 21.1. The van der Waals surface area contributed by atoms with Gasteiger partial charge >= 0.3 is 6.09 Å². The first kappa shape index (κ1) is 27.7. The molecule has 1 unspecified atom stereocenters. The van der Waals surface area contributed by atoms with Crippen LogP contribution in [-0.2, 0) is 16.6 Å². The van der Waals surface area contributed by atoms with E-state index >= 15 is 0 Å². The summed E-state index contributed by atoms with van der Waals surface area (Å²) in [5, 5.41) is 12.3. The van der Waals surface area contributed by atoms with Gasteiger partial charge in [0.1, 0.15) is 23.5 Å². The van der Waals surface area contributed by atoms with Gasteiger partial charge in [-0.1, -0.05) is 20.8 Å². The number of carbonyl (C=O) groups excluding carboxylic acids is 1. The molecule has 0 bridgehead atoms. The van der Waals surface area contributed by atoms with Crippen molar-refractivity contribution in [3.05, 3.63) is 35.2 Å². The van der Waals surface area contributed by atoms with Crippen molar-refractivity contribution in [2.75, 3.05) is 5.73 Å². The van der Waals surface area contributed by atoms with Crippen molar-refractivity contribution in [1.82, 2.24) is 15.3 Å². The second kappa shape index (κ2) is 10.8. The number of ether oxygens (including phenoxy) is 2. The molecule has 1 heterocycles. The summed E-state index contributed by atoms with van der Waals surface area (Å²) >= 11 is 0. The van der Waals surface area contributed by atoms with E-state index in [0.717, 1.165) is 61.1 Å². The molecule has 38 heavy (non-hydrogen) atoms. The van der Waals surface area contributed by atoms with Crippen molar-refractivity contribution in [1.29, 1.82) is 5.26 Å². The molecule has 4 rings (SSSR count). The molecule has 0 spiro atoms. The lowest BCUT2D eigenvalue weighted by Crippen LogP contribution is -2.42. The van der Waals surface area contributed by atoms with Crippen molar-refractivity contribution in [3.63, 3.8) is 0 Å². The van der Waals surface area contributed by atoms with E-state index in [-0.39, 0.29) is 29.6 Å². The van der Waals surface area contributed by atoms with E-state index in [2.05, 4.69) is 54.3 Å². The van der Waals surface area contributed by atoms with Crippen LogP contribution in [0, 0.1) is 11.3 Å². The molecule has 2 aliphatic carbocycles. The monoisotopic (exact) mass is 519 g/mol. The van der Waals surface area contributed by atoms with Gasteiger partial charge in [0.25, 0.3) is 0 Å². The second-order valence-corrected chi connectivity index (χ2v) is 12.4. The maximum absolute atomic E-state index is 12.2. The molecule has 1 saturated carbocycles. The highest BCUT2D eigenvalue weighted by atomic mass is 16.6. The first-order valence-corrected chi connectivity index (χ1v) is 13.7. The molecular weight excluding hydrogens is 478 g/mol. The van der Waals surface area contributed by atoms with Crippen molar-refractivity contribution < 1.29 is 14.3 Å². The van der Waals surface area contributed by atoms with Crippen molar-refractivity contribution in [3.8, 4) is 23.1 Å². The van der Waals surface area contributed by atoms with Gasteiger partial charge in [-0.25, -0.2) is 14.8 Å². The molecule has 1 atom stereocenters. The Balaban J connectivity index is 1.58. The number of rotatable bonds is 6. The molecule has 1 fully saturated rings. The van der Waals surface area contributed by atoms with Gasteiger partial charge in [-0.3, -0.25) is 0 Å². The minimum atomic E-state index is -0.512. The van der Waals surface area contributed by atoms with Gasteiger partial charge in [0, 0.05) is 29.2 Å². The number of alkyl carbamates (subject to hydrolysis) is 1. The largest absolute Gasteiger partial charge is 0.490 e. The maximum atomic E-state index is 12.2. The predicted molar refractivity (Wildman–Crippen MR) is 148 cm³/mol. The van der Waals surface area contributed by atoms with Crippen LogP contribution in [0.25, 0.3) is 11.3 Å². The average Bonchev–Trinajstić information content (AvgIpc) is 2.82. The van der Waals surface area contributed by atoms with Gasteiger partial charge in [-0.05, 0) is 88.3 Å². The molecule has 8 nitrogen and oxygen atoms in total. The Labute approximate surface area is 226 Å². The molecule has 1 aromatic heterocycles. The first-order valence-electron chi connectivity index (χ1n) is 13.7. The maximum Gasteiger partial charge on any atom is 0.407 e. The van der Waals surface area contributed by atoms with Gasteiger partial charge in [0.15, 0.2) is 0 Å². The molecule has 1 aromatic carbocycles. The number of fused-ring (bicyclic) bond motifs is 3. The number of nitrogens with one attached hydrogen (secondary N) is 1. The number of aromatic nitrogens is 2. The van der Waals surface area contributed by atoms with Gasteiger partial charge in [-0.2, -0.15) is 5.26 Å². The smallest absolute Gasteiger partial charge is 0.407 e. The molecule has 3 N–H and O–H groups in total. The van der Waals surface area contributed by atoms with E-state index in [1.807, 2.05) is 20.8 Å². The number of carbonyl (C=O) groups is 1. The minimum Gasteiger partial charge on any atom is -0.490 e. The van der Waals surface area contributed by atoms with Gasteiger partial charge in [0.2, 0.25) is 0 Å². The van der Waals surface area contributed by atoms with E-state index in [1.165, 1.54) is 17.5 Å². The van der Waals surface area contributed by atoms with Crippen LogP contribution in [0.2, 0.25) is 0 Å². The van der Waals surface area contributed by atoms with Crippen LogP contribution < -0.4 is 15.8 Å². The zero-order chi connectivity index (χ0) is 27.7. The summed E-state index contributed by atoms with van der Waals surface area (Å²) < 4.78 is 12.1. The number of hydrogen-bond donors (Lipinski definition) is 2. The number of nitrogens with two attached hydrogens (primary N) is 1. The van der Waals surface area contributed by atoms with E-state index in [9.17, 15) is 10.1 Å². The molecule has 0 radical (unpaired) electrons. The molecule has 204 valence electrons. The number of nitrogen functional groups attached to an aromatic ring is 1. The Bertz CT molecular complexity index is 1220. The molecule has 0 saturated heterocycles. The third-order valence-corrected chi connectivity index (χ3v) is 7.61. The Hall–Kier alpha value is -3.34. The number of hydrogen-bond acceptors (Lipinski definition) is 7.